The van der Waals surface area contributed by atoms with Gasteiger partial charge < -0.3 is 0 Å². The van der Waals surface area contributed by atoms with Crippen molar-refractivity contribution in [1.82, 2.24) is 49.8 Å². The third-order valence-corrected chi connectivity index (χ3v) is 13.7. The van der Waals surface area contributed by atoms with Crippen molar-refractivity contribution in [3.8, 4) is 113 Å². The maximum atomic E-state index is 15.9. The first-order valence-corrected chi connectivity index (χ1v) is 25.3. The normalized spacial score (nSPS) is 11.8. The molecule has 0 aliphatic rings. The predicted molar refractivity (Wildman–Crippen MR) is 298 cm³/mol. The van der Waals surface area contributed by atoms with Crippen molar-refractivity contribution in [2.45, 2.75) is 17.8 Å². The molecule has 392 valence electrons. The average molecular weight is 1080 g/mol. The van der Waals surface area contributed by atoms with E-state index in [0.717, 1.165) is 93.0 Å². The number of nitrogens with zero attached hydrogens (tertiary/aromatic N) is 10. The molecule has 10 nitrogen and oxygen atoms in total. The summed E-state index contributed by atoms with van der Waals surface area (Å²) < 4.78 is 95.2. The summed E-state index contributed by atoms with van der Waals surface area (Å²) in [6.07, 6.45) is 1.69. The van der Waals surface area contributed by atoms with Gasteiger partial charge in [-0.3, -0.25) is 19.9 Å². The molecule has 0 spiro atoms. The van der Waals surface area contributed by atoms with Crippen LogP contribution in [-0.4, -0.2) is 62.2 Å². The summed E-state index contributed by atoms with van der Waals surface area (Å²) in [6.45, 7) is 0. The molecule has 0 N–H and O–H groups in total. The summed E-state index contributed by atoms with van der Waals surface area (Å²) >= 11 is 0. The van der Waals surface area contributed by atoms with E-state index in [1.807, 2.05) is 97.1 Å². The molecule has 6 heterocycles. The van der Waals surface area contributed by atoms with Gasteiger partial charge in [0.05, 0.1) is 0 Å². The van der Waals surface area contributed by atoms with E-state index in [1.54, 1.807) is 98.1 Å². The molecule has 0 atom stereocenters. The van der Waals surface area contributed by atoms with Gasteiger partial charge in [-0.05, 0) is 81.9 Å². The molecule has 0 aliphatic carbocycles. The van der Waals surface area contributed by atoms with Crippen LogP contribution in [0.3, 0.4) is 0 Å². The first-order valence-electron chi connectivity index (χ1n) is 25.3. The maximum absolute atomic E-state index is 15.9. The Balaban J connectivity index is 0.946. The zero-order chi connectivity index (χ0) is 55.6. The number of alkyl halides is 6. The topological polar surface area (TPSA) is 129 Å². The Kier molecular flexibility index (Phi) is 13.5. The number of rotatable bonds is 12. The summed E-state index contributed by atoms with van der Waals surface area (Å²) in [5.41, 5.74) is 2.49. The monoisotopic (exact) mass is 1070 g/mol. The SMILES string of the molecule is FC(F)(F)C(c1ccc(-c2nc(-c3cccc(-c4cccnc4)c3)nc(-c3cccc(-c4cccnc4)c3)n2)cc1)(c1ccc(-c2nc(-c3cccc(-c4cccnc4)c3)nc(-c3cccc(-c4cccnc4)c3)n2)cc1)C(F)(F)F. The highest BCUT2D eigenvalue weighted by Gasteiger charge is 2.72. The van der Waals surface area contributed by atoms with Crippen LogP contribution >= 0.6 is 0 Å². The van der Waals surface area contributed by atoms with E-state index in [-0.39, 0.29) is 46.1 Å². The van der Waals surface area contributed by atoms with Crippen molar-refractivity contribution in [3.63, 3.8) is 0 Å². The fraction of sp³-hybridized carbons (Fsp3) is 0.0462. The Bertz CT molecular complexity index is 3710. The van der Waals surface area contributed by atoms with Gasteiger partial charge in [0, 0.05) is 105 Å². The largest absolute Gasteiger partial charge is 0.411 e. The van der Waals surface area contributed by atoms with E-state index in [4.69, 9.17) is 29.9 Å². The van der Waals surface area contributed by atoms with Crippen LogP contribution in [0.4, 0.5) is 26.3 Å². The summed E-state index contributed by atoms with van der Waals surface area (Å²) in [6, 6.07) is 52.3. The molecule has 6 aromatic carbocycles. The number of aromatic nitrogens is 10. The molecule has 81 heavy (non-hydrogen) atoms. The zero-order valence-corrected chi connectivity index (χ0v) is 42.3. The second-order valence-corrected chi connectivity index (χ2v) is 18.8. The van der Waals surface area contributed by atoms with Crippen molar-refractivity contribution in [1.29, 1.82) is 0 Å². The molecule has 0 saturated carbocycles. The van der Waals surface area contributed by atoms with Crippen LogP contribution in [0, 0.1) is 0 Å². The van der Waals surface area contributed by atoms with E-state index in [2.05, 4.69) is 19.9 Å². The minimum absolute atomic E-state index is 0.0118. The van der Waals surface area contributed by atoms with Crippen molar-refractivity contribution >= 4 is 0 Å². The lowest BCUT2D eigenvalue weighted by atomic mass is 9.72. The van der Waals surface area contributed by atoms with Crippen LogP contribution in [0.1, 0.15) is 11.1 Å². The molecule has 0 fully saturated rings. The van der Waals surface area contributed by atoms with Crippen molar-refractivity contribution in [2.75, 3.05) is 0 Å². The van der Waals surface area contributed by atoms with Crippen LogP contribution in [0.2, 0.25) is 0 Å². The van der Waals surface area contributed by atoms with E-state index in [0.29, 0.717) is 22.3 Å². The van der Waals surface area contributed by atoms with Gasteiger partial charge in [-0.15, -0.1) is 0 Å². The third-order valence-electron chi connectivity index (χ3n) is 13.7. The first kappa shape index (κ1) is 51.3. The van der Waals surface area contributed by atoms with Gasteiger partial charge in [-0.2, -0.15) is 26.3 Å². The summed E-state index contributed by atoms with van der Waals surface area (Å²) in [4.78, 5) is 45.8. The van der Waals surface area contributed by atoms with Gasteiger partial charge in [0.2, 0.25) is 5.41 Å². The Labute approximate surface area is 459 Å². The van der Waals surface area contributed by atoms with Gasteiger partial charge in [-0.25, -0.2) is 29.9 Å². The molecule has 12 aromatic rings. The molecule has 0 bridgehead atoms. The molecular formula is C65H40F6N10. The van der Waals surface area contributed by atoms with Gasteiger partial charge in [0.25, 0.3) is 0 Å². The number of benzene rings is 6. The number of halogens is 6. The third kappa shape index (κ3) is 10.3. The predicted octanol–water partition coefficient (Wildman–Crippen LogP) is 15.7. The molecule has 6 aromatic heterocycles. The summed E-state index contributed by atoms with van der Waals surface area (Å²) in [7, 11) is 0. The van der Waals surface area contributed by atoms with Crippen LogP contribution in [0.25, 0.3) is 113 Å². The van der Waals surface area contributed by atoms with Gasteiger partial charge in [0.1, 0.15) is 0 Å². The lowest BCUT2D eigenvalue weighted by Crippen LogP contribution is -2.54. The van der Waals surface area contributed by atoms with E-state index >= 15 is 26.3 Å². The average Bonchev–Trinajstić information content (AvgIpc) is 3.51. The molecule has 0 radical (unpaired) electrons. The van der Waals surface area contributed by atoms with Crippen LogP contribution in [-0.2, 0) is 5.41 Å². The Morgan fingerprint density at radius 1 is 0.222 bits per heavy atom. The number of hydrogen-bond acceptors (Lipinski definition) is 10. The standard InChI is InChI=1S/C65H40F6N10/c66-64(67,68)63(65(69,70)71,55-25-21-41(22-26-55)57-76-59(47-13-1-9-43(33-47)51-17-5-29-72-37-51)80-60(77-57)48-14-2-10-44(34-48)52-18-6-30-73-38-52)56-27-23-42(24-28-56)58-78-61(49-15-3-11-45(35-49)53-19-7-31-74-39-53)81-62(79-58)50-16-4-12-46(36-50)54-20-8-32-75-40-54/h1-40H. The second kappa shape index (κ2) is 21.4. The van der Waals surface area contributed by atoms with E-state index < -0.39 is 28.9 Å². The van der Waals surface area contributed by atoms with E-state index in [9.17, 15) is 0 Å². The minimum Gasteiger partial charge on any atom is -0.264 e. The smallest absolute Gasteiger partial charge is 0.264 e. The van der Waals surface area contributed by atoms with Crippen molar-refractivity contribution in [3.05, 3.63) is 255 Å². The fourth-order valence-electron chi connectivity index (χ4n) is 9.73. The molecule has 16 heteroatoms. The summed E-state index contributed by atoms with van der Waals surface area (Å²) in [5, 5.41) is 0. The first-order chi connectivity index (χ1) is 39.4. The maximum Gasteiger partial charge on any atom is 0.411 e. The summed E-state index contributed by atoms with van der Waals surface area (Å²) in [5.74, 6) is 0.878. The minimum atomic E-state index is -5.90. The highest BCUT2D eigenvalue weighted by Crippen LogP contribution is 2.56. The van der Waals surface area contributed by atoms with Crippen LogP contribution in [0.5, 0.6) is 0 Å². The quantitative estimate of drug-likeness (QED) is 0.109. The highest BCUT2D eigenvalue weighted by atomic mass is 19.4. The molecule has 12 rings (SSSR count). The zero-order valence-electron chi connectivity index (χ0n) is 42.3. The van der Waals surface area contributed by atoms with E-state index in [1.165, 1.54) is 0 Å². The molecule has 0 aliphatic heterocycles. The van der Waals surface area contributed by atoms with Gasteiger partial charge in [-0.1, -0.05) is 146 Å². The Morgan fingerprint density at radius 3 is 0.667 bits per heavy atom. The lowest BCUT2D eigenvalue weighted by Gasteiger charge is -2.38. The Morgan fingerprint density at radius 2 is 0.444 bits per heavy atom. The molecule has 0 saturated heterocycles. The fourth-order valence-corrected chi connectivity index (χ4v) is 9.73. The number of pyridine rings is 4. The molecular weight excluding hydrogens is 1030 g/mol. The van der Waals surface area contributed by atoms with Crippen LogP contribution in [0.15, 0.2) is 244 Å². The Hall–Kier alpha value is -10.5. The van der Waals surface area contributed by atoms with Crippen LogP contribution < -0.4 is 0 Å². The molecule has 0 unspecified atom stereocenters. The highest BCUT2D eigenvalue weighted by molar-refractivity contribution is 5.77. The van der Waals surface area contributed by atoms with Crippen molar-refractivity contribution in [2.24, 2.45) is 0 Å². The van der Waals surface area contributed by atoms with Gasteiger partial charge >= 0.3 is 12.4 Å². The molecule has 0 amide bonds. The van der Waals surface area contributed by atoms with Gasteiger partial charge in [0.15, 0.2) is 34.9 Å². The second-order valence-electron chi connectivity index (χ2n) is 18.8. The lowest BCUT2D eigenvalue weighted by molar-refractivity contribution is -0.288. The number of hydrogen-bond donors (Lipinski definition) is 0. The van der Waals surface area contributed by atoms with Crippen molar-refractivity contribution < 1.29 is 26.3 Å².